The normalized spacial score (nSPS) is 26.6. The SMILES string of the molecule is OC(C1CCCCC1)C1CCCc2cccnc21. The molecule has 2 unspecified atom stereocenters. The Hall–Kier alpha value is -0.890. The molecule has 3 rings (SSSR count). The minimum absolute atomic E-state index is 0.167. The summed E-state index contributed by atoms with van der Waals surface area (Å²) in [7, 11) is 0. The first-order chi connectivity index (χ1) is 8.86. The average Bonchev–Trinajstić information content (AvgIpc) is 2.47. The van der Waals surface area contributed by atoms with Crippen molar-refractivity contribution in [3.8, 4) is 0 Å². The first-order valence-electron chi connectivity index (χ1n) is 7.48. The molecule has 0 bridgehead atoms. The summed E-state index contributed by atoms with van der Waals surface area (Å²) in [5.74, 6) is 0.801. The van der Waals surface area contributed by atoms with Crippen LogP contribution >= 0.6 is 0 Å². The van der Waals surface area contributed by atoms with Gasteiger partial charge in [0.2, 0.25) is 0 Å². The smallest absolute Gasteiger partial charge is 0.0652 e. The van der Waals surface area contributed by atoms with Crippen LogP contribution in [0.25, 0.3) is 0 Å². The summed E-state index contributed by atoms with van der Waals surface area (Å²) in [6.07, 6.45) is 11.5. The fourth-order valence-corrected chi connectivity index (χ4v) is 3.78. The van der Waals surface area contributed by atoms with E-state index in [0.717, 1.165) is 12.8 Å². The Kier molecular flexibility index (Phi) is 3.64. The van der Waals surface area contributed by atoms with Crippen LogP contribution in [-0.4, -0.2) is 16.2 Å². The highest BCUT2D eigenvalue weighted by molar-refractivity contribution is 5.27. The Morgan fingerprint density at radius 3 is 2.78 bits per heavy atom. The fraction of sp³-hybridized carbons (Fsp3) is 0.688. The van der Waals surface area contributed by atoms with E-state index in [1.165, 1.54) is 49.8 Å². The molecule has 2 atom stereocenters. The van der Waals surface area contributed by atoms with Gasteiger partial charge in [-0.05, 0) is 49.7 Å². The minimum Gasteiger partial charge on any atom is -0.392 e. The van der Waals surface area contributed by atoms with Gasteiger partial charge in [0.15, 0.2) is 0 Å². The fourth-order valence-electron chi connectivity index (χ4n) is 3.78. The molecule has 0 saturated heterocycles. The average molecular weight is 245 g/mol. The predicted octanol–water partition coefficient (Wildman–Crippen LogP) is 3.44. The van der Waals surface area contributed by atoms with Crippen LogP contribution in [0.4, 0.5) is 0 Å². The van der Waals surface area contributed by atoms with Crippen molar-refractivity contribution in [3.63, 3.8) is 0 Å². The van der Waals surface area contributed by atoms with Crippen molar-refractivity contribution in [3.05, 3.63) is 29.6 Å². The summed E-state index contributed by atoms with van der Waals surface area (Å²) < 4.78 is 0. The molecule has 2 nitrogen and oxygen atoms in total. The zero-order chi connectivity index (χ0) is 12.4. The molecule has 1 aromatic rings. The van der Waals surface area contributed by atoms with Crippen LogP contribution in [0.1, 0.15) is 62.1 Å². The van der Waals surface area contributed by atoms with Crippen LogP contribution in [-0.2, 0) is 6.42 Å². The number of aromatic nitrogens is 1. The van der Waals surface area contributed by atoms with E-state index in [9.17, 15) is 5.11 Å². The topological polar surface area (TPSA) is 33.1 Å². The van der Waals surface area contributed by atoms with E-state index < -0.39 is 0 Å². The van der Waals surface area contributed by atoms with Crippen molar-refractivity contribution < 1.29 is 5.11 Å². The third-order valence-corrected chi connectivity index (χ3v) is 4.78. The number of aliphatic hydroxyl groups excluding tert-OH is 1. The van der Waals surface area contributed by atoms with Gasteiger partial charge in [-0.2, -0.15) is 0 Å². The largest absolute Gasteiger partial charge is 0.392 e. The van der Waals surface area contributed by atoms with E-state index in [1.54, 1.807) is 0 Å². The molecular weight excluding hydrogens is 222 g/mol. The molecule has 0 spiro atoms. The lowest BCUT2D eigenvalue weighted by Gasteiger charge is -2.34. The molecule has 98 valence electrons. The Morgan fingerprint density at radius 1 is 1.11 bits per heavy atom. The predicted molar refractivity (Wildman–Crippen MR) is 72.5 cm³/mol. The van der Waals surface area contributed by atoms with Crippen molar-refractivity contribution in [1.29, 1.82) is 0 Å². The number of aliphatic hydroxyl groups is 1. The monoisotopic (exact) mass is 245 g/mol. The number of rotatable bonds is 2. The molecule has 0 radical (unpaired) electrons. The van der Waals surface area contributed by atoms with Crippen LogP contribution in [0, 0.1) is 5.92 Å². The summed E-state index contributed by atoms with van der Waals surface area (Å²) in [5.41, 5.74) is 2.55. The van der Waals surface area contributed by atoms with Crippen molar-refractivity contribution in [2.45, 2.75) is 63.4 Å². The number of aryl methyl sites for hydroxylation is 1. The third-order valence-electron chi connectivity index (χ3n) is 4.78. The zero-order valence-corrected chi connectivity index (χ0v) is 11.0. The standard InChI is InChI=1S/C16H23NO/c18-16(13-6-2-1-3-7-13)14-10-4-8-12-9-5-11-17-15(12)14/h5,9,11,13-14,16,18H,1-4,6-8,10H2. The maximum absolute atomic E-state index is 10.7. The maximum Gasteiger partial charge on any atom is 0.0652 e. The molecule has 2 heteroatoms. The van der Waals surface area contributed by atoms with E-state index in [2.05, 4.69) is 11.1 Å². The quantitative estimate of drug-likeness (QED) is 0.865. The Balaban J connectivity index is 1.80. The molecule has 1 aromatic heterocycles. The van der Waals surface area contributed by atoms with Crippen LogP contribution in [0.5, 0.6) is 0 Å². The molecule has 0 aliphatic heterocycles. The minimum atomic E-state index is -0.167. The molecule has 1 saturated carbocycles. The summed E-state index contributed by atoms with van der Waals surface area (Å²) in [4.78, 5) is 4.56. The Morgan fingerprint density at radius 2 is 1.94 bits per heavy atom. The molecule has 1 N–H and O–H groups in total. The van der Waals surface area contributed by atoms with Crippen LogP contribution in [0.3, 0.4) is 0 Å². The third kappa shape index (κ3) is 2.31. The van der Waals surface area contributed by atoms with Crippen molar-refractivity contribution in [1.82, 2.24) is 4.98 Å². The number of hydrogen-bond donors (Lipinski definition) is 1. The molecule has 2 aliphatic rings. The molecule has 1 fully saturated rings. The summed E-state index contributed by atoms with van der Waals surface area (Å²) in [6, 6.07) is 4.20. The highest BCUT2D eigenvalue weighted by Crippen LogP contribution is 2.38. The summed E-state index contributed by atoms with van der Waals surface area (Å²) in [6.45, 7) is 0. The molecule has 18 heavy (non-hydrogen) atoms. The van der Waals surface area contributed by atoms with E-state index in [1.807, 2.05) is 12.3 Å². The lowest BCUT2D eigenvalue weighted by Crippen LogP contribution is -2.32. The van der Waals surface area contributed by atoms with Gasteiger partial charge in [0.25, 0.3) is 0 Å². The van der Waals surface area contributed by atoms with E-state index in [-0.39, 0.29) is 12.0 Å². The van der Waals surface area contributed by atoms with Gasteiger partial charge in [0.05, 0.1) is 6.10 Å². The molecular formula is C16H23NO. The zero-order valence-electron chi connectivity index (χ0n) is 11.0. The Bertz CT molecular complexity index is 398. The molecule has 0 aromatic carbocycles. The second-order valence-corrected chi connectivity index (χ2v) is 5.94. The molecule has 2 aliphatic carbocycles. The van der Waals surface area contributed by atoms with Gasteiger partial charge in [-0.1, -0.05) is 25.3 Å². The lowest BCUT2D eigenvalue weighted by atomic mass is 9.75. The summed E-state index contributed by atoms with van der Waals surface area (Å²) in [5, 5.41) is 10.7. The first-order valence-corrected chi connectivity index (χ1v) is 7.48. The van der Waals surface area contributed by atoms with Crippen molar-refractivity contribution in [2.75, 3.05) is 0 Å². The van der Waals surface area contributed by atoms with Gasteiger partial charge in [-0.15, -0.1) is 0 Å². The van der Waals surface area contributed by atoms with Crippen LogP contribution in [0.15, 0.2) is 18.3 Å². The van der Waals surface area contributed by atoms with Crippen LogP contribution < -0.4 is 0 Å². The van der Waals surface area contributed by atoms with Crippen LogP contribution in [0.2, 0.25) is 0 Å². The van der Waals surface area contributed by atoms with E-state index in [0.29, 0.717) is 5.92 Å². The summed E-state index contributed by atoms with van der Waals surface area (Å²) >= 11 is 0. The number of hydrogen-bond acceptors (Lipinski definition) is 2. The molecule has 1 heterocycles. The first kappa shape index (κ1) is 12.2. The second kappa shape index (κ2) is 5.40. The van der Waals surface area contributed by atoms with Crippen molar-refractivity contribution >= 4 is 0 Å². The van der Waals surface area contributed by atoms with Crippen molar-refractivity contribution in [2.24, 2.45) is 5.92 Å². The number of nitrogens with zero attached hydrogens (tertiary/aromatic N) is 1. The maximum atomic E-state index is 10.7. The Labute approximate surface area is 109 Å². The number of fused-ring (bicyclic) bond motifs is 1. The lowest BCUT2D eigenvalue weighted by molar-refractivity contribution is 0.0536. The van der Waals surface area contributed by atoms with Gasteiger partial charge >= 0.3 is 0 Å². The van der Waals surface area contributed by atoms with Gasteiger partial charge in [-0.25, -0.2) is 0 Å². The highest BCUT2D eigenvalue weighted by atomic mass is 16.3. The highest BCUT2D eigenvalue weighted by Gasteiger charge is 2.33. The van der Waals surface area contributed by atoms with Gasteiger partial charge in [0, 0.05) is 17.8 Å². The van der Waals surface area contributed by atoms with Gasteiger partial charge < -0.3 is 5.11 Å². The second-order valence-electron chi connectivity index (χ2n) is 5.94. The van der Waals surface area contributed by atoms with E-state index >= 15 is 0 Å². The molecule has 0 amide bonds. The number of pyridine rings is 1. The van der Waals surface area contributed by atoms with E-state index in [4.69, 9.17) is 0 Å². The van der Waals surface area contributed by atoms with Gasteiger partial charge in [0.1, 0.15) is 0 Å². The van der Waals surface area contributed by atoms with Gasteiger partial charge in [-0.3, -0.25) is 4.98 Å².